The van der Waals surface area contributed by atoms with Crippen molar-refractivity contribution in [3.8, 4) is 22.6 Å². The van der Waals surface area contributed by atoms with Crippen LogP contribution in [-0.4, -0.2) is 69.4 Å². The Morgan fingerprint density at radius 1 is 0.927 bits per heavy atom. The third-order valence-electron chi connectivity index (χ3n) is 10.7. The fraction of sp³-hybridized carbons (Fsp3) is 0.357. The van der Waals surface area contributed by atoms with Crippen molar-refractivity contribution in [3.05, 3.63) is 91.8 Å². The highest BCUT2D eigenvalue weighted by Gasteiger charge is 2.39. The molecule has 4 heterocycles. The molecule has 0 unspecified atom stereocenters. The lowest BCUT2D eigenvalue weighted by molar-refractivity contribution is 0.0699. The summed E-state index contributed by atoms with van der Waals surface area (Å²) >= 11 is 13.5. The third-order valence-corrected chi connectivity index (χ3v) is 11.6. The van der Waals surface area contributed by atoms with E-state index in [1.165, 1.54) is 0 Å². The average molecular weight is 787 g/mol. The first-order chi connectivity index (χ1) is 26.2. The topological polar surface area (TPSA) is 113 Å². The van der Waals surface area contributed by atoms with Crippen LogP contribution in [0.5, 0.6) is 11.5 Å². The fourth-order valence-corrected chi connectivity index (χ4v) is 8.54. The minimum Gasteiger partial charge on any atom is -0.494 e. The van der Waals surface area contributed by atoms with E-state index in [1.54, 1.807) is 35.8 Å². The Bertz CT molecular complexity index is 2490. The van der Waals surface area contributed by atoms with Crippen LogP contribution in [0.1, 0.15) is 68.3 Å². The zero-order chi connectivity index (χ0) is 39.5. The molecule has 3 aromatic heterocycles. The van der Waals surface area contributed by atoms with Gasteiger partial charge in [0.25, 0.3) is 5.91 Å². The monoisotopic (exact) mass is 785 g/mol. The van der Waals surface area contributed by atoms with E-state index in [-0.39, 0.29) is 24.1 Å². The van der Waals surface area contributed by atoms with E-state index in [0.29, 0.717) is 65.8 Å². The Kier molecular flexibility index (Phi) is 10.4. The number of methoxy groups -OCH3 is 1. The number of carbonyl (C=O) groups excluding carboxylic acids is 1. The first-order valence-corrected chi connectivity index (χ1v) is 19.0. The number of nitrogens with zero attached hydrogens (tertiary/aromatic N) is 5. The summed E-state index contributed by atoms with van der Waals surface area (Å²) in [4.78, 5) is 29.9. The van der Waals surface area contributed by atoms with Gasteiger partial charge in [-0.15, -0.1) is 0 Å². The van der Waals surface area contributed by atoms with Gasteiger partial charge in [-0.1, -0.05) is 29.3 Å². The highest BCUT2D eigenvalue weighted by molar-refractivity contribution is 6.35. The molecule has 3 aromatic carbocycles. The summed E-state index contributed by atoms with van der Waals surface area (Å²) in [6, 6.07) is 12.8. The molecule has 0 aliphatic carbocycles. The second kappa shape index (κ2) is 14.9. The van der Waals surface area contributed by atoms with Crippen LogP contribution in [0.15, 0.2) is 42.5 Å². The Morgan fingerprint density at radius 2 is 1.64 bits per heavy atom. The molecule has 0 radical (unpaired) electrons. The number of aromatic carboxylic acids is 1. The maximum absolute atomic E-state index is 15.2. The first-order valence-electron chi connectivity index (χ1n) is 18.3. The van der Waals surface area contributed by atoms with Crippen molar-refractivity contribution in [1.29, 1.82) is 0 Å². The van der Waals surface area contributed by atoms with Crippen LogP contribution in [0.4, 0.5) is 5.82 Å². The van der Waals surface area contributed by atoms with Crippen LogP contribution >= 0.6 is 23.2 Å². The SMILES string of the molecule is COCCOc1ccc2c(c1)c(C(=O)O)c(N1C[C@@H](C)n3c(c(CCCOc4cc(C)c(Cl)c(C)c4)c4ccc(Cl)c(-c5c(C)nn(C)c5C)c43)C1=O)n2C. The van der Waals surface area contributed by atoms with Crippen LogP contribution in [0.2, 0.25) is 10.0 Å². The lowest BCUT2D eigenvalue weighted by Gasteiger charge is -2.34. The van der Waals surface area contributed by atoms with Gasteiger partial charge in [-0.2, -0.15) is 5.10 Å². The van der Waals surface area contributed by atoms with Gasteiger partial charge >= 0.3 is 5.97 Å². The van der Waals surface area contributed by atoms with E-state index in [4.69, 9.17) is 42.5 Å². The molecule has 0 saturated carbocycles. The molecule has 11 nitrogen and oxygen atoms in total. The molecule has 1 N–H and O–H groups in total. The van der Waals surface area contributed by atoms with E-state index < -0.39 is 5.97 Å². The molecule has 55 heavy (non-hydrogen) atoms. The number of hydrogen-bond acceptors (Lipinski definition) is 6. The highest BCUT2D eigenvalue weighted by Crippen LogP contribution is 2.46. The van der Waals surface area contributed by atoms with Gasteiger partial charge in [0.2, 0.25) is 0 Å². The van der Waals surface area contributed by atoms with Crippen molar-refractivity contribution < 1.29 is 28.9 Å². The largest absolute Gasteiger partial charge is 0.494 e. The van der Waals surface area contributed by atoms with E-state index in [1.807, 2.05) is 69.8 Å². The van der Waals surface area contributed by atoms with Gasteiger partial charge < -0.3 is 28.5 Å². The van der Waals surface area contributed by atoms with Crippen LogP contribution in [0.25, 0.3) is 32.9 Å². The number of benzene rings is 3. The Morgan fingerprint density at radius 3 is 2.29 bits per heavy atom. The quantitative estimate of drug-likeness (QED) is 0.123. The van der Waals surface area contributed by atoms with E-state index >= 15 is 4.79 Å². The van der Waals surface area contributed by atoms with Gasteiger partial charge in [-0.05, 0) is 101 Å². The minimum absolute atomic E-state index is 0.0358. The average Bonchev–Trinajstić information content (AvgIpc) is 3.72. The van der Waals surface area contributed by atoms with Crippen molar-refractivity contribution in [2.75, 3.05) is 38.4 Å². The minimum atomic E-state index is -1.14. The number of anilines is 1. The number of fused-ring (bicyclic) bond motifs is 4. The molecular weight excluding hydrogens is 741 g/mol. The molecule has 0 fully saturated rings. The smallest absolute Gasteiger partial charge is 0.340 e. The molecule has 6 aromatic rings. The number of ether oxygens (including phenoxy) is 3. The number of carboxylic acid groups (broad SMARTS) is 1. The van der Waals surface area contributed by atoms with Crippen LogP contribution < -0.4 is 14.4 Å². The predicted octanol–water partition coefficient (Wildman–Crippen LogP) is 9.03. The summed E-state index contributed by atoms with van der Waals surface area (Å²) in [7, 11) is 5.29. The van der Waals surface area contributed by atoms with E-state index in [9.17, 15) is 9.90 Å². The maximum atomic E-state index is 15.2. The zero-order valence-corrected chi connectivity index (χ0v) is 33.9. The molecule has 0 saturated heterocycles. The van der Waals surface area contributed by atoms with Gasteiger partial charge in [0.15, 0.2) is 0 Å². The van der Waals surface area contributed by atoms with Gasteiger partial charge in [0, 0.05) is 66.4 Å². The molecule has 1 aliphatic rings. The molecule has 0 bridgehead atoms. The Labute approximate surface area is 329 Å². The second-order valence-electron chi connectivity index (χ2n) is 14.4. The summed E-state index contributed by atoms with van der Waals surface area (Å²) < 4.78 is 22.9. The zero-order valence-electron chi connectivity index (χ0n) is 32.3. The molecular formula is C42H45Cl2N5O6. The first kappa shape index (κ1) is 38.3. The lowest BCUT2D eigenvalue weighted by Crippen LogP contribution is -2.44. The van der Waals surface area contributed by atoms with Crippen molar-refractivity contribution in [2.24, 2.45) is 14.1 Å². The molecule has 1 amide bonds. The van der Waals surface area contributed by atoms with E-state index in [0.717, 1.165) is 60.9 Å². The van der Waals surface area contributed by atoms with Crippen LogP contribution in [-0.2, 0) is 25.3 Å². The number of rotatable bonds is 12. The molecule has 288 valence electrons. The number of amides is 1. The van der Waals surface area contributed by atoms with Crippen molar-refractivity contribution in [1.82, 2.24) is 18.9 Å². The summed E-state index contributed by atoms with van der Waals surface area (Å²) in [5, 5.41) is 18.1. The van der Waals surface area contributed by atoms with Gasteiger partial charge in [0.1, 0.15) is 35.2 Å². The normalized spacial score (nSPS) is 14.3. The number of aryl methyl sites for hydroxylation is 6. The highest BCUT2D eigenvalue weighted by atomic mass is 35.5. The number of halogens is 2. The number of carboxylic acids is 1. The van der Waals surface area contributed by atoms with Crippen LogP contribution in [0, 0.1) is 27.7 Å². The van der Waals surface area contributed by atoms with Gasteiger partial charge in [-0.25, -0.2) is 4.79 Å². The number of carbonyl (C=O) groups is 2. The third kappa shape index (κ3) is 6.51. The molecule has 13 heteroatoms. The number of hydrogen-bond donors (Lipinski definition) is 1. The summed E-state index contributed by atoms with van der Waals surface area (Å²) in [6.07, 6.45) is 1.13. The standard InChI is InChI=1S/C42H45Cl2N5O6/c1-22-18-28(19-23(2)37(22)44)54-15-9-10-29-30-12-13-32(43)36(34-25(4)45-47(7)26(34)5)38(30)49-24(3)21-48(41(50)39(29)49)40-35(42(51)52)31-20-27(55-17-16-53-8)11-14-33(31)46(40)6/h11-14,18-20,24H,9-10,15-17,21H2,1-8H3,(H,51,52)/t24-/m1/s1. The molecule has 0 spiro atoms. The predicted molar refractivity (Wildman–Crippen MR) is 217 cm³/mol. The van der Waals surface area contributed by atoms with Crippen LogP contribution in [0.3, 0.4) is 0 Å². The molecule has 1 aliphatic heterocycles. The lowest BCUT2D eigenvalue weighted by atomic mass is 9.98. The van der Waals surface area contributed by atoms with Gasteiger partial charge in [0.05, 0.1) is 35.0 Å². The summed E-state index contributed by atoms with van der Waals surface area (Å²) in [6.45, 7) is 11.3. The van der Waals surface area contributed by atoms with Crippen molar-refractivity contribution >= 4 is 62.7 Å². The summed E-state index contributed by atoms with van der Waals surface area (Å²) in [5.41, 5.74) is 8.33. The Balaban J connectivity index is 1.38. The second-order valence-corrected chi connectivity index (χ2v) is 15.1. The van der Waals surface area contributed by atoms with Gasteiger partial charge in [-0.3, -0.25) is 14.4 Å². The molecule has 7 rings (SSSR count). The van der Waals surface area contributed by atoms with Crippen molar-refractivity contribution in [2.45, 2.75) is 53.5 Å². The summed E-state index contributed by atoms with van der Waals surface area (Å²) in [5.74, 6) is 0.134. The van der Waals surface area contributed by atoms with Crippen molar-refractivity contribution in [3.63, 3.8) is 0 Å². The van der Waals surface area contributed by atoms with E-state index in [2.05, 4.69) is 11.5 Å². The number of aromatic nitrogens is 4. The maximum Gasteiger partial charge on any atom is 0.340 e. The fourth-order valence-electron chi connectivity index (χ4n) is 8.18. The molecule has 1 atom stereocenters. The Hall–Kier alpha value is -4.97.